The van der Waals surface area contributed by atoms with Crippen molar-refractivity contribution >= 4 is 21.7 Å². The van der Waals surface area contributed by atoms with Gasteiger partial charge in [-0.3, -0.25) is 4.79 Å². The van der Waals surface area contributed by atoms with Gasteiger partial charge >= 0.3 is 0 Å². The van der Waals surface area contributed by atoms with E-state index in [2.05, 4.69) is 15.9 Å². The summed E-state index contributed by atoms with van der Waals surface area (Å²) in [5.41, 5.74) is 0.638. The summed E-state index contributed by atoms with van der Waals surface area (Å²) in [6, 6.07) is 1.75. The monoisotopic (exact) mass is 231 g/mol. The molecule has 0 bridgehead atoms. The van der Waals surface area contributed by atoms with Gasteiger partial charge in [-0.1, -0.05) is 0 Å². The smallest absolute Gasteiger partial charge is 0.208 e. The molecule has 1 heterocycles. The number of Topliss-reactive ketones (excluding diaryl/α,β-unsaturated/α-hetero) is 1. The summed E-state index contributed by atoms with van der Waals surface area (Å²) in [6.45, 7) is 1.53. The number of nitrogens with zero attached hydrogens (tertiary/aromatic N) is 1. The van der Waals surface area contributed by atoms with Crippen LogP contribution in [0.5, 0.6) is 5.88 Å². The highest BCUT2D eigenvalue weighted by Gasteiger charge is 2.13. The average molecular weight is 232 g/mol. The van der Waals surface area contributed by atoms with E-state index in [0.29, 0.717) is 11.6 Å². The first-order valence-electron chi connectivity index (χ1n) is 3.48. The van der Waals surface area contributed by atoms with Crippen LogP contribution < -0.4 is 4.74 Å². The van der Waals surface area contributed by atoms with E-state index in [0.717, 1.165) is 4.47 Å². The molecule has 1 aromatic rings. The van der Waals surface area contributed by atoms with Gasteiger partial charge < -0.3 is 9.30 Å². The molecule has 0 saturated heterocycles. The molecule has 12 heavy (non-hydrogen) atoms. The predicted octanol–water partition coefficient (Wildman–Crippen LogP) is 2.00. The minimum atomic E-state index is 0.0292. The Bertz CT molecular complexity index is 317. The topological polar surface area (TPSA) is 31.2 Å². The van der Waals surface area contributed by atoms with Gasteiger partial charge in [0.25, 0.3) is 0 Å². The van der Waals surface area contributed by atoms with Gasteiger partial charge in [-0.25, -0.2) is 0 Å². The number of carbonyl (C=O) groups is 1. The first-order chi connectivity index (χ1) is 5.57. The van der Waals surface area contributed by atoms with Crippen molar-refractivity contribution in [2.45, 2.75) is 6.92 Å². The minimum Gasteiger partial charge on any atom is -0.481 e. The Hall–Kier alpha value is -0.770. The quantitative estimate of drug-likeness (QED) is 0.730. The van der Waals surface area contributed by atoms with Crippen LogP contribution in [0.3, 0.4) is 0 Å². The lowest BCUT2D eigenvalue weighted by Gasteiger charge is -2.03. The lowest BCUT2D eigenvalue weighted by molar-refractivity contribution is 0.100. The van der Waals surface area contributed by atoms with Crippen molar-refractivity contribution in [3.05, 3.63) is 16.2 Å². The van der Waals surface area contributed by atoms with Crippen LogP contribution in [-0.2, 0) is 7.05 Å². The molecule has 0 atom stereocenters. The number of hydrogen-bond acceptors (Lipinski definition) is 2. The molecule has 1 rings (SSSR count). The Balaban J connectivity index is 3.26. The maximum atomic E-state index is 11.1. The second-order valence-electron chi connectivity index (χ2n) is 2.50. The first kappa shape index (κ1) is 9.32. The van der Waals surface area contributed by atoms with E-state index >= 15 is 0 Å². The van der Waals surface area contributed by atoms with E-state index in [1.54, 1.807) is 24.8 Å². The average Bonchev–Trinajstić information content (AvgIpc) is 2.27. The standard InChI is InChI=1S/C8H10BrNO2/c1-5(11)7-4-6(9)8(12-3)10(7)2/h4H,1-3H3. The van der Waals surface area contributed by atoms with E-state index in [4.69, 9.17) is 4.74 Å². The second kappa shape index (κ2) is 3.31. The van der Waals surface area contributed by atoms with Crippen molar-refractivity contribution in [1.29, 1.82) is 0 Å². The molecule has 0 unspecified atom stereocenters. The lowest BCUT2D eigenvalue weighted by atomic mass is 10.3. The number of carbonyl (C=O) groups excluding carboxylic acids is 1. The van der Waals surface area contributed by atoms with Crippen LogP contribution in [-0.4, -0.2) is 17.5 Å². The van der Waals surface area contributed by atoms with Crippen LogP contribution in [0.2, 0.25) is 0 Å². The van der Waals surface area contributed by atoms with Crippen LogP contribution >= 0.6 is 15.9 Å². The molecule has 0 radical (unpaired) electrons. The molecule has 0 spiro atoms. The fourth-order valence-corrected chi connectivity index (χ4v) is 1.77. The highest BCUT2D eigenvalue weighted by molar-refractivity contribution is 9.10. The Kier molecular flexibility index (Phi) is 2.57. The molecule has 0 fully saturated rings. The molecule has 0 aliphatic heterocycles. The summed E-state index contributed by atoms with van der Waals surface area (Å²) in [7, 11) is 3.37. The predicted molar refractivity (Wildman–Crippen MR) is 49.7 cm³/mol. The number of halogens is 1. The molecular weight excluding hydrogens is 222 g/mol. The molecular formula is C8H10BrNO2. The van der Waals surface area contributed by atoms with E-state index < -0.39 is 0 Å². The van der Waals surface area contributed by atoms with Crippen molar-refractivity contribution in [1.82, 2.24) is 4.57 Å². The van der Waals surface area contributed by atoms with E-state index in [1.807, 2.05) is 0 Å². The highest BCUT2D eigenvalue weighted by atomic mass is 79.9. The number of ether oxygens (including phenoxy) is 1. The Morgan fingerprint density at radius 2 is 2.25 bits per heavy atom. The third-order valence-corrected chi connectivity index (χ3v) is 2.26. The molecule has 0 aliphatic rings. The minimum absolute atomic E-state index is 0.0292. The molecule has 3 nitrogen and oxygen atoms in total. The number of ketones is 1. The summed E-state index contributed by atoms with van der Waals surface area (Å²) in [4.78, 5) is 11.1. The van der Waals surface area contributed by atoms with Crippen LogP contribution in [0.15, 0.2) is 10.5 Å². The van der Waals surface area contributed by atoms with Crippen molar-refractivity contribution in [3.63, 3.8) is 0 Å². The Morgan fingerprint density at radius 1 is 1.67 bits per heavy atom. The zero-order valence-corrected chi connectivity index (χ0v) is 8.81. The van der Waals surface area contributed by atoms with Gasteiger partial charge in [0.15, 0.2) is 5.78 Å². The maximum Gasteiger partial charge on any atom is 0.208 e. The van der Waals surface area contributed by atoms with E-state index in [1.165, 1.54) is 6.92 Å². The molecule has 0 saturated carbocycles. The maximum absolute atomic E-state index is 11.1. The van der Waals surface area contributed by atoms with Gasteiger partial charge in [0.05, 0.1) is 17.3 Å². The fourth-order valence-electron chi connectivity index (χ4n) is 1.12. The normalized spacial score (nSPS) is 10.0. The number of rotatable bonds is 2. The Morgan fingerprint density at radius 3 is 2.50 bits per heavy atom. The van der Waals surface area contributed by atoms with E-state index in [-0.39, 0.29) is 5.78 Å². The Labute approximate surface area is 79.5 Å². The summed E-state index contributed by atoms with van der Waals surface area (Å²) in [5.74, 6) is 0.696. The first-order valence-corrected chi connectivity index (χ1v) is 4.27. The molecule has 66 valence electrons. The number of hydrogen-bond donors (Lipinski definition) is 0. The molecule has 0 aromatic carbocycles. The van der Waals surface area contributed by atoms with Gasteiger partial charge in [0.2, 0.25) is 5.88 Å². The van der Waals surface area contributed by atoms with Gasteiger partial charge in [-0.05, 0) is 22.0 Å². The molecule has 0 N–H and O–H groups in total. The van der Waals surface area contributed by atoms with Crippen LogP contribution in [0, 0.1) is 0 Å². The van der Waals surface area contributed by atoms with Crippen LogP contribution in [0.4, 0.5) is 0 Å². The third-order valence-electron chi connectivity index (χ3n) is 1.69. The van der Waals surface area contributed by atoms with Gasteiger partial charge in [0.1, 0.15) is 0 Å². The van der Waals surface area contributed by atoms with E-state index in [9.17, 15) is 4.79 Å². The molecule has 4 heteroatoms. The molecule has 0 amide bonds. The SMILES string of the molecule is COc1c(Br)cc(C(C)=O)n1C. The zero-order chi connectivity index (χ0) is 9.30. The van der Waals surface area contributed by atoms with Gasteiger partial charge in [-0.2, -0.15) is 0 Å². The van der Waals surface area contributed by atoms with Crippen molar-refractivity contribution in [2.24, 2.45) is 7.05 Å². The van der Waals surface area contributed by atoms with Crippen molar-refractivity contribution in [3.8, 4) is 5.88 Å². The fraction of sp³-hybridized carbons (Fsp3) is 0.375. The van der Waals surface area contributed by atoms with Crippen molar-refractivity contribution in [2.75, 3.05) is 7.11 Å². The largest absolute Gasteiger partial charge is 0.481 e. The second-order valence-corrected chi connectivity index (χ2v) is 3.36. The number of methoxy groups -OCH3 is 1. The zero-order valence-electron chi connectivity index (χ0n) is 7.22. The summed E-state index contributed by atoms with van der Waals surface area (Å²) >= 11 is 3.30. The molecule has 1 aromatic heterocycles. The van der Waals surface area contributed by atoms with Crippen molar-refractivity contribution < 1.29 is 9.53 Å². The highest BCUT2D eigenvalue weighted by Crippen LogP contribution is 2.27. The van der Waals surface area contributed by atoms with Crippen LogP contribution in [0.1, 0.15) is 17.4 Å². The van der Waals surface area contributed by atoms with Gasteiger partial charge in [0, 0.05) is 14.0 Å². The summed E-state index contributed by atoms with van der Waals surface area (Å²) < 4.78 is 7.59. The summed E-state index contributed by atoms with van der Waals surface area (Å²) in [5, 5.41) is 0. The van der Waals surface area contributed by atoms with Crippen LogP contribution in [0.25, 0.3) is 0 Å². The number of aromatic nitrogens is 1. The molecule has 0 aliphatic carbocycles. The lowest BCUT2D eigenvalue weighted by Crippen LogP contribution is -2.02. The van der Waals surface area contributed by atoms with Gasteiger partial charge in [-0.15, -0.1) is 0 Å². The summed E-state index contributed by atoms with van der Waals surface area (Å²) in [6.07, 6.45) is 0. The third kappa shape index (κ3) is 1.39.